The zero-order valence-corrected chi connectivity index (χ0v) is 12.4. The Morgan fingerprint density at radius 1 is 1.39 bits per heavy atom. The lowest BCUT2D eigenvalue weighted by Gasteiger charge is -2.11. The van der Waals surface area contributed by atoms with Crippen molar-refractivity contribution in [3.63, 3.8) is 0 Å². The second kappa shape index (κ2) is 5.70. The van der Waals surface area contributed by atoms with E-state index in [4.69, 9.17) is 0 Å². The highest BCUT2D eigenvalue weighted by atomic mass is 79.9. The number of halogens is 1. The standard InChI is InChI=1S/C15H18BrNO/c1-10-7-13(8-11(2)15(10)16)17-14(18)9-12-5-3-4-6-12/h3,5,7-8,12H,4,6,9H2,1-2H3,(H,17,18). The summed E-state index contributed by atoms with van der Waals surface area (Å²) < 4.78 is 1.11. The van der Waals surface area contributed by atoms with Gasteiger partial charge in [-0.25, -0.2) is 0 Å². The van der Waals surface area contributed by atoms with E-state index in [0.717, 1.165) is 34.1 Å². The van der Waals surface area contributed by atoms with Crippen molar-refractivity contribution in [3.8, 4) is 0 Å². The van der Waals surface area contributed by atoms with Crippen molar-refractivity contribution in [1.82, 2.24) is 0 Å². The molecule has 0 bridgehead atoms. The maximum absolute atomic E-state index is 11.9. The highest BCUT2D eigenvalue weighted by Gasteiger charge is 2.14. The van der Waals surface area contributed by atoms with Crippen LogP contribution in [0.5, 0.6) is 0 Å². The third-order valence-electron chi connectivity index (χ3n) is 3.28. The van der Waals surface area contributed by atoms with Crippen LogP contribution in [0.3, 0.4) is 0 Å². The van der Waals surface area contributed by atoms with Crippen molar-refractivity contribution in [2.75, 3.05) is 5.32 Å². The van der Waals surface area contributed by atoms with Crippen LogP contribution in [0.25, 0.3) is 0 Å². The van der Waals surface area contributed by atoms with Gasteiger partial charge in [0, 0.05) is 16.6 Å². The normalized spacial score (nSPS) is 18.1. The lowest BCUT2D eigenvalue weighted by molar-refractivity contribution is -0.116. The Bertz CT molecular complexity index is 470. The van der Waals surface area contributed by atoms with Crippen LogP contribution in [0.1, 0.15) is 30.4 Å². The predicted octanol–water partition coefficient (Wildman–Crippen LogP) is 4.36. The SMILES string of the molecule is Cc1cc(NC(=O)CC2C=CCC2)cc(C)c1Br. The summed E-state index contributed by atoms with van der Waals surface area (Å²) in [4.78, 5) is 11.9. The van der Waals surface area contributed by atoms with Crippen molar-refractivity contribution < 1.29 is 4.79 Å². The number of nitrogens with one attached hydrogen (secondary N) is 1. The molecule has 0 heterocycles. The van der Waals surface area contributed by atoms with Gasteiger partial charge in [-0.15, -0.1) is 0 Å². The number of anilines is 1. The number of carbonyl (C=O) groups is 1. The van der Waals surface area contributed by atoms with Gasteiger partial charge in [0.15, 0.2) is 0 Å². The lowest BCUT2D eigenvalue weighted by Crippen LogP contribution is -2.15. The molecule has 2 nitrogen and oxygen atoms in total. The van der Waals surface area contributed by atoms with Crippen molar-refractivity contribution >= 4 is 27.5 Å². The topological polar surface area (TPSA) is 29.1 Å². The van der Waals surface area contributed by atoms with Crippen molar-refractivity contribution in [3.05, 3.63) is 39.9 Å². The Balaban J connectivity index is 2.00. The molecule has 0 saturated carbocycles. The molecule has 0 spiro atoms. The zero-order chi connectivity index (χ0) is 13.1. The Morgan fingerprint density at radius 2 is 2.06 bits per heavy atom. The van der Waals surface area contributed by atoms with Crippen LogP contribution >= 0.6 is 15.9 Å². The van der Waals surface area contributed by atoms with Gasteiger partial charge in [-0.2, -0.15) is 0 Å². The fourth-order valence-electron chi connectivity index (χ4n) is 2.33. The first-order valence-corrected chi connectivity index (χ1v) is 7.09. The molecule has 1 aromatic rings. The Morgan fingerprint density at radius 3 is 2.61 bits per heavy atom. The third-order valence-corrected chi connectivity index (χ3v) is 4.53. The van der Waals surface area contributed by atoms with Gasteiger partial charge in [-0.05, 0) is 55.9 Å². The Kier molecular flexibility index (Phi) is 4.23. The van der Waals surface area contributed by atoms with E-state index in [0.29, 0.717) is 12.3 Å². The van der Waals surface area contributed by atoms with Gasteiger partial charge in [0.05, 0.1) is 0 Å². The zero-order valence-electron chi connectivity index (χ0n) is 10.8. The lowest BCUT2D eigenvalue weighted by atomic mass is 10.0. The number of rotatable bonds is 3. The van der Waals surface area contributed by atoms with Crippen LogP contribution in [-0.4, -0.2) is 5.91 Å². The molecular formula is C15H18BrNO. The molecule has 0 saturated heterocycles. The summed E-state index contributed by atoms with van der Waals surface area (Å²) in [5, 5.41) is 2.98. The van der Waals surface area contributed by atoms with Crippen molar-refractivity contribution in [2.24, 2.45) is 5.92 Å². The fourth-order valence-corrected chi connectivity index (χ4v) is 2.56. The first kappa shape index (κ1) is 13.3. The van der Waals surface area contributed by atoms with Gasteiger partial charge >= 0.3 is 0 Å². The number of aryl methyl sites for hydroxylation is 2. The van der Waals surface area contributed by atoms with E-state index in [9.17, 15) is 4.79 Å². The molecule has 1 N–H and O–H groups in total. The van der Waals surface area contributed by atoms with E-state index >= 15 is 0 Å². The summed E-state index contributed by atoms with van der Waals surface area (Å²) in [6.45, 7) is 4.07. The molecular weight excluding hydrogens is 290 g/mol. The van der Waals surface area contributed by atoms with E-state index < -0.39 is 0 Å². The van der Waals surface area contributed by atoms with Crippen LogP contribution in [0, 0.1) is 19.8 Å². The highest BCUT2D eigenvalue weighted by Crippen LogP contribution is 2.26. The Labute approximate surface area is 117 Å². The maximum atomic E-state index is 11.9. The van der Waals surface area contributed by atoms with E-state index in [-0.39, 0.29) is 5.91 Å². The minimum Gasteiger partial charge on any atom is -0.326 e. The van der Waals surface area contributed by atoms with E-state index in [2.05, 4.69) is 33.4 Å². The molecule has 96 valence electrons. The van der Waals surface area contributed by atoms with Gasteiger partial charge in [0.2, 0.25) is 5.91 Å². The average molecular weight is 308 g/mol. The molecule has 1 aliphatic carbocycles. The summed E-state index contributed by atoms with van der Waals surface area (Å²) in [5.41, 5.74) is 3.18. The monoisotopic (exact) mass is 307 g/mol. The second-order valence-corrected chi connectivity index (χ2v) is 5.73. The third kappa shape index (κ3) is 3.22. The molecule has 0 radical (unpaired) electrons. The van der Waals surface area contributed by atoms with E-state index in [1.165, 1.54) is 0 Å². The molecule has 2 rings (SSSR count). The molecule has 1 aromatic carbocycles. The van der Waals surface area contributed by atoms with Gasteiger partial charge < -0.3 is 5.32 Å². The summed E-state index contributed by atoms with van der Waals surface area (Å²) in [7, 11) is 0. The summed E-state index contributed by atoms with van der Waals surface area (Å²) in [5.74, 6) is 0.523. The number of hydrogen-bond donors (Lipinski definition) is 1. The number of allylic oxidation sites excluding steroid dienone is 2. The maximum Gasteiger partial charge on any atom is 0.224 e. The molecule has 0 fully saturated rings. The second-order valence-electron chi connectivity index (χ2n) is 4.94. The first-order chi connectivity index (χ1) is 8.56. The molecule has 0 aliphatic heterocycles. The predicted molar refractivity (Wildman–Crippen MR) is 78.7 cm³/mol. The summed E-state index contributed by atoms with van der Waals surface area (Å²) >= 11 is 3.53. The minimum absolute atomic E-state index is 0.104. The molecule has 1 amide bonds. The molecule has 1 aliphatic rings. The summed E-state index contributed by atoms with van der Waals surface area (Å²) in [6.07, 6.45) is 7.11. The molecule has 3 heteroatoms. The van der Waals surface area contributed by atoms with Crippen LogP contribution in [0.4, 0.5) is 5.69 Å². The molecule has 0 aromatic heterocycles. The number of hydrogen-bond acceptors (Lipinski definition) is 1. The van der Waals surface area contributed by atoms with Gasteiger partial charge in [0.1, 0.15) is 0 Å². The molecule has 1 unspecified atom stereocenters. The fraction of sp³-hybridized carbons (Fsp3) is 0.400. The van der Waals surface area contributed by atoms with Crippen molar-refractivity contribution in [2.45, 2.75) is 33.1 Å². The smallest absolute Gasteiger partial charge is 0.224 e. The average Bonchev–Trinajstić information content (AvgIpc) is 2.78. The number of amides is 1. The first-order valence-electron chi connectivity index (χ1n) is 6.29. The van der Waals surface area contributed by atoms with Crippen LogP contribution < -0.4 is 5.32 Å². The van der Waals surface area contributed by atoms with Crippen LogP contribution in [0.15, 0.2) is 28.8 Å². The van der Waals surface area contributed by atoms with Crippen LogP contribution in [0.2, 0.25) is 0 Å². The molecule has 18 heavy (non-hydrogen) atoms. The number of carbonyl (C=O) groups excluding carboxylic acids is 1. The molecule has 1 atom stereocenters. The van der Waals surface area contributed by atoms with Gasteiger partial charge in [0.25, 0.3) is 0 Å². The van der Waals surface area contributed by atoms with Crippen molar-refractivity contribution in [1.29, 1.82) is 0 Å². The van der Waals surface area contributed by atoms with Crippen LogP contribution in [-0.2, 0) is 4.79 Å². The minimum atomic E-state index is 0.104. The quantitative estimate of drug-likeness (QED) is 0.826. The van der Waals surface area contributed by atoms with Gasteiger partial charge in [-0.3, -0.25) is 4.79 Å². The number of benzene rings is 1. The largest absolute Gasteiger partial charge is 0.326 e. The van der Waals surface area contributed by atoms with E-state index in [1.807, 2.05) is 26.0 Å². The summed E-state index contributed by atoms with van der Waals surface area (Å²) in [6, 6.07) is 4.00. The van der Waals surface area contributed by atoms with Gasteiger partial charge in [-0.1, -0.05) is 28.1 Å². The highest BCUT2D eigenvalue weighted by molar-refractivity contribution is 9.10. The Hall–Kier alpha value is -1.09. The van der Waals surface area contributed by atoms with E-state index in [1.54, 1.807) is 0 Å².